The summed E-state index contributed by atoms with van der Waals surface area (Å²) in [6.45, 7) is -1.29. The first-order valence-corrected chi connectivity index (χ1v) is 8.37. The predicted octanol–water partition coefficient (Wildman–Crippen LogP) is 3.04. The molecule has 0 atom stereocenters. The summed E-state index contributed by atoms with van der Waals surface area (Å²) in [5.41, 5.74) is -1.79. The minimum atomic E-state index is -4.29. The molecular formula is C14H7ClF5NO4S. The van der Waals surface area contributed by atoms with Crippen LogP contribution in [0.4, 0.5) is 22.0 Å². The van der Waals surface area contributed by atoms with Gasteiger partial charge in [-0.05, 0) is 18.2 Å². The molecule has 5 nitrogen and oxygen atoms in total. The minimum absolute atomic E-state index is 0.302. The van der Waals surface area contributed by atoms with Gasteiger partial charge in [0.2, 0.25) is 15.8 Å². The largest absolute Gasteiger partial charge is 0.457 e. The fraction of sp³-hybridized carbons (Fsp3) is 0.0714. The number of nitrogens with two attached hydrogens (primary N) is 1. The Bertz CT molecular complexity index is 984. The number of hydrogen-bond acceptors (Lipinski definition) is 4. The van der Waals surface area contributed by atoms with Gasteiger partial charge in [0, 0.05) is 0 Å². The van der Waals surface area contributed by atoms with E-state index in [0.29, 0.717) is 0 Å². The summed E-state index contributed by atoms with van der Waals surface area (Å²) >= 11 is 5.62. The lowest BCUT2D eigenvalue weighted by molar-refractivity contribution is 0.0462. The molecule has 0 heterocycles. The fourth-order valence-electron chi connectivity index (χ4n) is 1.85. The van der Waals surface area contributed by atoms with Crippen LogP contribution >= 0.6 is 11.6 Å². The molecule has 0 aromatic heterocycles. The van der Waals surface area contributed by atoms with Crippen molar-refractivity contribution in [3.63, 3.8) is 0 Å². The lowest BCUT2D eigenvalue weighted by Crippen LogP contribution is -2.15. The van der Waals surface area contributed by atoms with Gasteiger partial charge in [-0.3, -0.25) is 0 Å². The molecule has 0 saturated carbocycles. The number of benzene rings is 2. The summed E-state index contributed by atoms with van der Waals surface area (Å²) in [4.78, 5) is 11.2. The zero-order valence-electron chi connectivity index (χ0n) is 12.3. The molecule has 0 radical (unpaired) electrons. The van der Waals surface area contributed by atoms with Crippen molar-refractivity contribution in [3.05, 3.63) is 63.4 Å². The summed E-state index contributed by atoms with van der Waals surface area (Å²) in [7, 11) is -4.29. The Kier molecular flexibility index (Phi) is 5.54. The van der Waals surface area contributed by atoms with Crippen LogP contribution in [-0.2, 0) is 21.4 Å². The number of carbonyl (C=O) groups is 1. The number of primary sulfonamides is 1. The maximum Gasteiger partial charge on any atom is 0.338 e. The van der Waals surface area contributed by atoms with Gasteiger partial charge in [0.05, 0.1) is 16.1 Å². The van der Waals surface area contributed by atoms with Gasteiger partial charge in [0.25, 0.3) is 0 Å². The first-order chi connectivity index (χ1) is 11.9. The number of halogens is 6. The molecule has 0 amide bonds. The Balaban J connectivity index is 2.31. The molecule has 0 spiro atoms. The third kappa shape index (κ3) is 3.79. The standard InChI is InChI=1S/C14H7ClF5NO4S/c15-7-2-1-5(3-8(7)26(21,23)24)14(22)25-4-6-9(16)11(18)13(20)12(19)10(6)17/h1-3H,4H2,(H2,21,23,24). The van der Waals surface area contributed by atoms with Crippen LogP contribution in [-0.4, -0.2) is 14.4 Å². The lowest BCUT2D eigenvalue weighted by Gasteiger charge is -2.10. The van der Waals surface area contributed by atoms with E-state index in [0.717, 1.165) is 18.2 Å². The van der Waals surface area contributed by atoms with Crippen molar-refractivity contribution in [2.24, 2.45) is 5.14 Å². The van der Waals surface area contributed by atoms with Crippen molar-refractivity contribution < 1.29 is 39.9 Å². The van der Waals surface area contributed by atoms with Crippen LogP contribution in [0.2, 0.25) is 5.02 Å². The molecule has 2 aromatic carbocycles. The highest BCUT2D eigenvalue weighted by atomic mass is 35.5. The summed E-state index contributed by atoms with van der Waals surface area (Å²) in [5.74, 6) is -12.4. The molecule has 0 fully saturated rings. The second-order valence-electron chi connectivity index (χ2n) is 4.81. The van der Waals surface area contributed by atoms with Crippen molar-refractivity contribution in [2.45, 2.75) is 11.5 Å². The number of sulfonamides is 1. The van der Waals surface area contributed by atoms with Gasteiger partial charge < -0.3 is 4.74 Å². The Morgan fingerprint density at radius 1 is 1.00 bits per heavy atom. The quantitative estimate of drug-likeness (QED) is 0.360. The molecule has 140 valence electrons. The van der Waals surface area contributed by atoms with E-state index in [1.807, 2.05) is 0 Å². The predicted molar refractivity (Wildman–Crippen MR) is 78.2 cm³/mol. The summed E-state index contributed by atoms with van der Waals surface area (Å²) in [5, 5.41) is 4.59. The third-order valence-electron chi connectivity index (χ3n) is 3.12. The van der Waals surface area contributed by atoms with Crippen LogP contribution in [0.5, 0.6) is 0 Å². The average molecular weight is 416 g/mol. The van der Waals surface area contributed by atoms with E-state index in [9.17, 15) is 35.2 Å². The molecular weight excluding hydrogens is 409 g/mol. The lowest BCUT2D eigenvalue weighted by atomic mass is 10.1. The molecule has 2 rings (SSSR count). The van der Waals surface area contributed by atoms with Gasteiger partial charge in [0.1, 0.15) is 11.5 Å². The van der Waals surface area contributed by atoms with E-state index in [4.69, 9.17) is 16.7 Å². The Morgan fingerprint density at radius 3 is 2.00 bits per heavy atom. The summed E-state index contributed by atoms with van der Waals surface area (Å²) in [6.07, 6.45) is 0. The molecule has 0 saturated heterocycles. The van der Waals surface area contributed by atoms with Crippen LogP contribution < -0.4 is 5.14 Å². The highest BCUT2D eigenvalue weighted by molar-refractivity contribution is 7.89. The van der Waals surface area contributed by atoms with Gasteiger partial charge in [-0.15, -0.1) is 0 Å². The maximum atomic E-state index is 13.5. The van der Waals surface area contributed by atoms with Crippen LogP contribution in [0, 0.1) is 29.1 Å². The molecule has 0 aliphatic heterocycles. The van der Waals surface area contributed by atoms with Gasteiger partial charge >= 0.3 is 5.97 Å². The number of rotatable bonds is 4. The minimum Gasteiger partial charge on any atom is -0.457 e. The molecule has 2 aromatic rings. The van der Waals surface area contributed by atoms with Gasteiger partial charge in [-0.25, -0.2) is 40.3 Å². The average Bonchev–Trinajstić information content (AvgIpc) is 2.57. The fourth-order valence-corrected chi connectivity index (χ4v) is 2.92. The number of hydrogen-bond donors (Lipinski definition) is 1. The number of esters is 1. The van der Waals surface area contributed by atoms with Crippen LogP contribution in [0.1, 0.15) is 15.9 Å². The van der Waals surface area contributed by atoms with Gasteiger partial charge in [-0.2, -0.15) is 0 Å². The zero-order chi connectivity index (χ0) is 19.8. The van der Waals surface area contributed by atoms with Crippen LogP contribution in [0.25, 0.3) is 0 Å². The first-order valence-electron chi connectivity index (χ1n) is 6.45. The monoisotopic (exact) mass is 415 g/mol. The van der Waals surface area contributed by atoms with Gasteiger partial charge in [0.15, 0.2) is 23.3 Å². The first kappa shape index (κ1) is 20.1. The van der Waals surface area contributed by atoms with Crippen LogP contribution in [0.15, 0.2) is 23.1 Å². The summed E-state index contributed by atoms with van der Waals surface area (Å²) in [6, 6.07) is 2.74. The molecule has 12 heteroatoms. The zero-order valence-corrected chi connectivity index (χ0v) is 13.9. The molecule has 0 aliphatic carbocycles. The van der Waals surface area contributed by atoms with Crippen molar-refractivity contribution >= 4 is 27.6 Å². The smallest absolute Gasteiger partial charge is 0.338 e. The van der Waals surface area contributed by atoms with E-state index >= 15 is 0 Å². The molecule has 0 bridgehead atoms. The third-order valence-corrected chi connectivity index (χ3v) is 4.51. The van der Waals surface area contributed by atoms with Crippen molar-refractivity contribution in [1.82, 2.24) is 0 Å². The molecule has 2 N–H and O–H groups in total. The Morgan fingerprint density at radius 2 is 1.50 bits per heavy atom. The Hall–Kier alpha value is -2.24. The highest BCUT2D eigenvalue weighted by Gasteiger charge is 2.26. The number of ether oxygens (including phenoxy) is 1. The van der Waals surface area contributed by atoms with E-state index < -0.39 is 67.7 Å². The van der Waals surface area contributed by atoms with Crippen molar-refractivity contribution in [1.29, 1.82) is 0 Å². The Labute approximate surface area is 148 Å². The highest BCUT2D eigenvalue weighted by Crippen LogP contribution is 2.25. The van der Waals surface area contributed by atoms with E-state index in [2.05, 4.69) is 4.74 Å². The second-order valence-corrected chi connectivity index (χ2v) is 6.75. The van der Waals surface area contributed by atoms with Crippen molar-refractivity contribution in [3.8, 4) is 0 Å². The molecule has 0 unspecified atom stereocenters. The van der Waals surface area contributed by atoms with Crippen molar-refractivity contribution in [2.75, 3.05) is 0 Å². The molecule has 26 heavy (non-hydrogen) atoms. The summed E-state index contributed by atoms with van der Waals surface area (Å²) < 4.78 is 93.2. The van der Waals surface area contributed by atoms with Gasteiger partial charge in [-0.1, -0.05) is 11.6 Å². The topological polar surface area (TPSA) is 86.5 Å². The maximum absolute atomic E-state index is 13.5. The van der Waals surface area contributed by atoms with Crippen LogP contribution in [0.3, 0.4) is 0 Å². The molecule has 0 aliphatic rings. The van der Waals surface area contributed by atoms with E-state index in [-0.39, 0.29) is 5.02 Å². The number of carbonyl (C=O) groups excluding carboxylic acids is 1. The second kappa shape index (κ2) is 7.17. The SMILES string of the molecule is NS(=O)(=O)c1cc(C(=O)OCc2c(F)c(F)c(F)c(F)c2F)ccc1Cl. The van der Waals surface area contributed by atoms with E-state index in [1.165, 1.54) is 0 Å². The normalized spacial score (nSPS) is 11.5. The van der Waals surface area contributed by atoms with E-state index in [1.54, 1.807) is 0 Å².